The molecule has 2 aliphatic carbocycles. The molecule has 0 aromatic carbocycles. The normalized spacial score (nSPS) is 19.1. The Bertz CT molecular complexity index is 712. The molecule has 1 heterocycles. The first-order chi connectivity index (χ1) is 12.6. The highest BCUT2D eigenvalue weighted by Gasteiger charge is 2.23. The fourth-order valence-corrected chi connectivity index (χ4v) is 4.31. The van der Waals surface area contributed by atoms with Crippen LogP contribution >= 0.6 is 0 Å². The van der Waals surface area contributed by atoms with Crippen LogP contribution in [0.4, 0.5) is 11.5 Å². The van der Waals surface area contributed by atoms with Crippen molar-refractivity contribution in [1.29, 1.82) is 5.41 Å². The molecule has 6 nitrogen and oxygen atoms in total. The van der Waals surface area contributed by atoms with Crippen LogP contribution in [0.5, 0.6) is 0 Å². The second-order valence-corrected chi connectivity index (χ2v) is 7.59. The lowest BCUT2D eigenvalue weighted by molar-refractivity contribution is 0.349. The zero-order valence-corrected chi connectivity index (χ0v) is 15.5. The minimum absolute atomic E-state index is 0.104. The van der Waals surface area contributed by atoms with Crippen LogP contribution in [0, 0.1) is 5.41 Å². The molecule has 0 unspecified atom stereocenters. The average molecular weight is 358 g/mol. The second kappa shape index (κ2) is 8.43. The Labute approximate surface area is 155 Å². The quantitative estimate of drug-likeness (QED) is 0.583. The van der Waals surface area contributed by atoms with Crippen LogP contribution in [0.15, 0.2) is 23.3 Å². The first-order valence-corrected chi connectivity index (χ1v) is 9.88. The maximum atomic E-state index is 12.7. The summed E-state index contributed by atoms with van der Waals surface area (Å²) in [6.07, 6.45) is 12.7. The van der Waals surface area contributed by atoms with E-state index >= 15 is 0 Å². The lowest BCUT2D eigenvalue weighted by atomic mass is 9.94. The number of nitrogens with zero attached hydrogens (tertiary/aromatic N) is 1. The SMILES string of the molecule is C=C(Nc1c(C=N)c(N)cc(=O)n1C1CCCCC1)NC1CCCCC1. The molecule has 0 atom stereocenters. The lowest BCUT2D eigenvalue weighted by Crippen LogP contribution is -2.35. The van der Waals surface area contributed by atoms with E-state index in [1.807, 2.05) is 0 Å². The Balaban J connectivity index is 1.88. The third kappa shape index (κ3) is 4.11. The van der Waals surface area contributed by atoms with E-state index in [9.17, 15) is 4.79 Å². The number of nitrogen functional groups attached to an aromatic ring is 1. The molecule has 5 N–H and O–H groups in total. The number of aromatic nitrogens is 1. The molecule has 0 spiro atoms. The monoisotopic (exact) mass is 357 g/mol. The summed E-state index contributed by atoms with van der Waals surface area (Å²) >= 11 is 0. The van der Waals surface area contributed by atoms with Gasteiger partial charge in [0, 0.05) is 30.1 Å². The second-order valence-electron chi connectivity index (χ2n) is 7.59. The van der Waals surface area contributed by atoms with Gasteiger partial charge in [-0.3, -0.25) is 9.36 Å². The van der Waals surface area contributed by atoms with Gasteiger partial charge in [-0.2, -0.15) is 0 Å². The number of nitrogens with two attached hydrogens (primary N) is 1. The minimum Gasteiger partial charge on any atom is -0.398 e. The first-order valence-electron chi connectivity index (χ1n) is 9.88. The number of anilines is 2. The molecule has 0 bridgehead atoms. The molecule has 0 aliphatic heterocycles. The van der Waals surface area contributed by atoms with Crippen molar-refractivity contribution in [2.24, 2.45) is 0 Å². The van der Waals surface area contributed by atoms with Crippen LogP contribution < -0.4 is 21.9 Å². The molecule has 0 radical (unpaired) electrons. The number of pyridine rings is 1. The van der Waals surface area contributed by atoms with Gasteiger partial charge in [0.15, 0.2) is 0 Å². The Morgan fingerprint density at radius 2 is 1.77 bits per heavy atom. The zero-order valence-electron chi connectivity index (χ0n) is 15.5. The van der Waals surface area contributed by atoms with Crippen molar-refractivity contribution in [3.8, 4) is 0 Å². The van der Waals surface area contributed by atoms with E-state index in [0.29, 0.717) is 28.9 Å². The van der Waals surface area contributed by atoms with Gasteiger partial charge in [0.25, 0.3) is 5.56 Å². The summed E-state index contributed by atoms with van der Waals surface area (Å²) in [5.74, 6) is 1.28. The van der Waals surface area contributed by atoms with Gasteiger partial charge in [0.1, 0.15) is 5.82 Å². The van der Waals surface area contributed by atoms with E-state index in [1.165, 1.54) is 38.0 Å². The molecule has 0 amide bonds. The average Bonchev–Trinajstić information content (AvgIpc) is 2.63. The molecule has 142 valence electrons. The van der Waals surface area contributed by atoms with Gasteiger partial charge in [-0.25, -0.2) is 0 Å². The molecule has 6 heteroatoms. The van der Waals surface area contributed by atoms with Crippen molar-refractivity contribution in [3.63, 3.8) is 0 Å². The van der Waals surface area contributed by atoms with Crippen LogP contribution in [0.3, 0.4) is 0 Å². The van der Waals surface area contributed by atoms with Gasteiger partial charge in [0.2, 0.25) is 0 Å². The van der Waals surface area contributed by atoms with Gasteiger partial charge in [0.05, 0.1) is 11.4 Å². The van der Waals surface area contributed by atoms with Gasteiger partial charge in [-0.05, 0) is 25.7 Å². The molecule has 2 saturated carbocycles. The largest absolute Gasteiger partial charge is 0.398 e. The molecule has 1 aromatic rings. The summed E-state index contributed by atoms with van der Waals surface area (Å²) in [6, 6.07) is 2.01. The smallest absolute Gasteiger partial charge is 0.254 e. The Hall–Kier alpha value is -2.24. The summed E-state index contributed by atoms with van der Waals surface area (Å²) in [7, 11) is 0. The maximum Gasteiger partial charge on any atom is 0.254 e. The summed E-state index contributed by atoms with van der Waals surface area (Å²) in [6.45, 7) is 4.11. The zero-order chi connectivity index (χ0) is 18.5. The highest BCUT2D eigenvalue weighted by atomic mass is 16.1. The van der Waals surface area contributed by atoms with Crippen molar-refractivity contribution in [3.05, 3.63) is 34.4 Å². The Morgan fingerprint density at radius 3 is 2.38 bits per heavy atom. The fraction of sp³-hybridized carbons (Fsp3) is 0.600. The van der Waals surface area contributed by atoms with Crippen LogP contribution in [-0.4, -0.2) is 16.8 Å². The van der Waals surface area contributed by atoms with E-state index in [-0.39, 0.29) is 11.6 Å². The first kappa shape index (κ1) is 18.5. The van der Waals surface area contributed by atoms with Gasteiger partial charge in [-0.1, -0.05) is 45.1 Å². The predicted molar refractivity (Wildman–Crippen MR) is 108 cm³/mol. The minimum atomic E-state index is -0.104. The third-order valence-electron chi connectivity index (χ3n) is 5.66. The van der Waals surface area contributed by atoms with Crippen molar-refractivity contribution in [1.82, 2.24) is 9.88 Å². The molecule has 2 aliphatic rings. The highest BCUT2D eigenvalue weighted by molar-refractivity contribution is 5.91. The summed E-state index contributed by atoms with van der Waals surface area (Å²) in [5, 5.41) is 14.5. The van der Waals surface area contributed by atoms with Crippen molar-refractivity contribution >= 4 is 17.7 Å². The van der Waals surface area contributed by atoms with Crippen molar-refractivity contribution in [2.45, 2.75) is 76.3 Å². The molecule has 26 heavy (non-hydrogen) atoms. The van der Waals surface area contributed by atoms with E-state index in [0.717, 1.165) is 38.5 Å². The molecule has 1 aromatic heterocycles. The third-order valence-corrected chi connectivity index (χ3v) is 5.66. The van der Waals surface area contributed by atoms with Gasteiger partial charge < -0.3 is 21.8 Å². The number of hydrogen-bond acceptors (Lipinski definition) is 5. The Kier molecular flexibility index (Phi) is 6.01. The predicted octanol–water partition coefficient (Wildman–Crippen LogP) is 3.74. The van der Waals surface area contributed by atoms with Crippen LogP contribution in [0.1, 0.15) is 75.8 Å². The molecule has 0 saturated heterocycles. The lowest BCUT2D eigenvalue weighted by Gasteiger charge is -2.30. The summed E-state index contributed by atoms with van der Waals surface area (Å²) in [5.41, 5.74) is 6.83. The van der Waals surface area contributed by atoms with E-state index in [2.05, 4.69) is 17.2 Å². The maximum absolute atomic E-state index is 12.7. The van der Waals surface area contributed by atoms with E-state index in [4.69, 9.17) is 11.1 Å². The topological polar surface area (TPSA) is 95.9 Å². The molecule has 2 fully saturated rings. The Morgan fingerprint density at radius 1 is 1.15 bits per heavy atom. The van der Waals surface area contributed by atoms with Crippen molar-refractivity contribution in [2.75, 3.05) is 11.1 Å². The van der Waals surface area contributed by atoms with Gasteiger partial charge >= 0.3 is 0 Å². The number of hydrogen-bond donors (Lipinski definition) is 4. The number of rotatable bonds is 6. The highest BCUT2D eigenvalue weighted by Crippen LogP contribution is 2.32. The number of nitrogens with one attached hydrogen (secondary N) is 3. The summed E-state index contributed by atoms with van der Waals surface area (Å²) < 4.78 is 1.80. The standard InChI is InChI=1S/C20H31N5O/c1-14(23-15-8-4-2-5-9-15)24-20-17(13-21)18(22)12-19(26)25(20)16-10-6-3-7-11-16/h12-13,15-16,21,23-24H,1-11,22H2. The van der Waals surface area contributed by atoms with Crippen LogP contribution in [-0.2, 0) is 0 Å². The summed E-state index contributed by atoms with van der Waals surface area (Å²) in [4.78, 5) is 12.7. The molecule has 3 rings (SSSR count). The van der Waals surface area contributed by atoms with Crippen LogP contribution in [0.25, 0.3) is 0 Å². The fourth-order valence-electron chi connectivity index (χ4n) is 4.31. The molecular weight excluding hydrogens is 326 g/mol. The van der Waals surface area contributed by atoms with Crippen molar-refractivity contribution < 1.29 is 0 Å². The molecular formula is C20H31N5O. The van der Waals surface area contributed by atoms with E-state index < -0.39 is 0 Å². The van der Waals surface area contributed by atoms with E-state index in [1.54, 1.807) is 4.57 Å². The van der Waals surface area contributed by atoms with Crippen LogP contribution in [0.2, 0.25) is 0 Å². The van der Waals surface area contributed by atoms with Gasteiger partial charge in [-0.15, -0.1) is 0 Å².